The smallest absolute Gasteiger partial charge is 0.321 e. The van der Waals surface area contributed by atoms with E-state index in [1.165, 1.54) is 0 Å². The van der Waals surface area contributed by atoms with Gasteiger partial charge in [-0.1, -0.05) is 73.3 Å². The molecule has 1 saturated heterocycles. The van der Waals surface area contributed by atoms with Gasteiger partial charge in [-0.15, -0.1) is 0 Å². The molecule has 1 atom stereocenters. The van der Waals surface area contributed by atoms with E-state index in [1.807, 2.05) is 60.7 Å². The van der Waals surface area contributed by atoms with Gasteiger partial charge in [0.05, 0.1) is 0 Å². The van der Waals surface area contributed by atoms with E-state index in [9.17, 15) is 4.79 Å². The molecule has 21 heavy (non-hydrogen) atoms. The van der Waals surface area contributed by atoms with Crippen LogP contribution in [0.2, 0.25) is 0 Å². The normalized spacial score (nSPS) is 20.6. The summed E-state index contributed by atoms with van der Waals surface area (Å²) < 4.78 is 5.60. The lowest BCUT2D eigenvalue weighted by Crippen LogP contribution is -2.45. The summed E-state index contributed by atoms with van der Waals surface area (Å²) in [6.07, 6.45) is 3.05. The average molecular weight is 278 g/mol. The Kier molecular flexibility index (Phi) is 3.61. The summed E-state index contributed by atoms with van der Waals surface area (Å²) in [5.41, 5.74) is 1.27. The molecule has 0 spiro atoms. The number of hydrogen-bond donors (Lipinski definition) is 0. The largest absolute Gasteiger partial charge is 0.457 e. The predicted molar refractivity (Wildman–Crippen MR) is 83.0 cm³/mol. The second-order valence-electron chi connectivity index (χ2n) is 5.36. The minimum absolute atomic E-state index is 0.182. The molecule has 1 fully saturated rings. The van der Waals surface area contributed by atoms with Crippen LogP contribution in [-0.2, 0) is 14.9 Å². The van der Waals surface area contributed by atoms with Gasteiger partial charge in [-0.05, 0) is 24.0 Å². The van der Waals surface area contributed by atoms with Gasteiger partial charge in [-0.25, -0.2) is 0 Å². The Labute approximate surface area is 125 Å². The van der Waals surface area contributed by atoms with Gasteiger partial charge in [0.1, 0.15) is 11.5 Å². The van der Waals surface area contributed by atoms with E-state index < -0.39 is 5.41 Å². The molecule has 0 aliphatic carbocycles. The number of ether oxygens (including phenoxy) is 1. The number of hydrogen-bond acceptors (Lipinski definition) is 2. The molecule has 0 amide bonds. The highest BCUT2D eigenvalue weighted by molar-refractivity contribution is 5.88. The standard InChI is InChI=1S/C19H18O2/c1-2-17-13-14-19(18(20)21-17,15-9-5-3-6-10-15)16-11-7-4-8-12-16/h2-12,17H,1,13-14H2/t17-/m1/s1. The zero-order chi connectivity index (χ0) is 14.7. The van der Waals surface area contributed by atoms with Crippen molar-refractivity contribution in [3.05, 3.63) is 84.4 Å². The van der Waals surface area contributed by atoms with Gasteiger partial charge in [0.25, 0.3) is 0 Å². The first-order valence-electron chi connectivity index (χ1n) is 7.22. The first-order valence-corrected chi connectivity index (χ1v) is 7.22. The predicted octanol–water partition coefficient (Wildman–Crippen LogP) is 3.86. The second-order valence-corrected chi connectivity index (χ2v) is 5.36. The van der Waals surface area contributed by atoms with Gasteiger partial charge in [-0.3, -0.25) is 4.79 Å². The number of benzene rings is 2. The summed E-state index contributed by atoms with van der Waals surface area (Å²) in [5.74, 6) is -0.184. The molecule has 0 unspecified atom stereocenters. The Morgan fingerprint density at radius 3 is 1.95 bits per heavy atom. The summed E-state index contributed by atoms with van der Waals surface area (Å²) in [7, 11) is 0. The van der Waals surface area contributed by atoms with Crippen LogP contribution in [0.3, 0.4) is 0 Å². The molecule has 1 aliphatic heterocycles. The van der Waals surface area contributed by atoms with Crippen molar-refractivity contribution in [1.29, 1.82) is 0 Å². The molecule has 2 aromatic rings. The quantitative estimate of drug-likeness (QED) is 0.629. The number of cyclic esters (lactones) is 1. The van der Waals surface area contributed by atoms with Gasteiger partial charge in [0.15, 0.2) is 0 Å². The Morgan fingerprint density at radius 1 is 1.00 bits per heavy atom. The summed E-state index contributed by atoms with van der Waals surface area (Å²) in [4.78, 5) is 12.8. The summed E-state index contributed by atoms with van der Waals surface area (Å²) >= 11 is 0. The van der Waals surface area contributed by atoms with E-state index in [4.69, 9.17) is 4.74 Å². The van der Waals surface area contributed by atoms with Crippen LogP contribution < -0.4 is 0 Å². The second kappa shape index (κ2) is 5.57. The van der Waals surface area contributed by atoms with Crippen LogP contribution in [0.5, 0.6) is 0 Å². The molecule has 0 saturated carbocycles. The number of esters is 1. The van der Waals surface area contributed by atoms with Crippen molar-refractivity contribution in [1.82, 2.24) is 0 Å². The fourth-order valence-electron chi connectivity index (χ4n) is 3.06. The van der Waals surface area contributed by atoms with Crippen LogP contribution in [0, 0.1) is 0 Å². The van der Waals surface area contributed by atoms with Crippen LogP contribution in [0.1, 0.15) is 24.0 Å². The lowest BCUT2D eigenvalue weighted by atomic mass is 9.69. The van der Waals surface area contributed by atoms with Gasteiger partial charge < -0.3 is 4.74 Å². The molecular formula is C19H18O2. The minimum Gasteiger partial charge on any atom is -0.457 e. The number of rotatable bonds is 3. The Morgan fingerprint density at radius 2 is 1.52 bits per heavy atom. The first-order chi connectivity index (χ1) is 10.3. The lowest BCUT2D eigenvalue weighted by Gasteiger charge is -2.38. The van der Waals surface area contributed by atoms with Crippen molar-refractivity contribution in [3.8, 4) is 0 Å². The highest BCUT2D eigenvalue weighted by Crippen LogP contribution is 2.42. The molecule has 1 aliphatic rings. The van der Waals surface area contributed by atoms with E-state index in [2.05, 4.69) is 6.58 Å². The van der Waals surface area contributed by atoms with Crippen molar-refractivity contribution >= 4 is 5.97 Å². The monoisotopic (exact) mass is 278 g/mol. The SMILES string of the molecule is C=C[C@@H]1CCC(c2ccccc2)(c2ccccc2)C(=O)O1. The summed E-state index contributed by atoms with van der Waals surface area (Å²) in [5, 5.41) is 0. The van der Waals surface area contributed by atoms with Gasteiger partial charge >= 0.3 is 5.97 Å². The van der Waals surface area contributed by atoms with Gasteiger partial charge in [0.2, 0.25) is 0 Å². The molecule has 0 bridgehead atoms. The minimum atomic E-state index is -0.706. The van der Waals surface area contributed by atoms with Crippen molar-refractivity contribution in [2.75, 3.05) is 0 Å². The molecular weight excluding hydrogens is 260 g/mol. The Hall–Kier alpha value is -2.35. The maximum absolute atomic E-state index is 12.8. The van der Waals surface area contributed by atoms with E-state index >= 15 is 0 Å². The zero-order valence-electron chi connectivity index (χ0n) is 11.9. The van der Waals surface area contributed by atoms with E-state index in [-0.39, 0.29) is 12.1 Å². The van der Waals surface area contributed by atoms with Crippen LogP contribution in [0.4, 0.5) is 0 Å². The van der Waals surface area contributed by atoms with Crippen LogP contribution in [-0.4, -0.2) is 12.1 Å². The molecule has 106 valence electrons. The molecule has 2 heteroatoms. The van der Waals surface area contributed by atoms with Crippen LogP contribution >= 0.6 is 0 Å². The molecule has 3 rings (SSSR count). The lowest BCUT2D eigenvalue weighted by molar-refractivity contribution is -0.157. The average Bonchev–Trinajstić information content (AvgIpc) is 2.56. The molecule has 2 nitrogen and oxygen atoms in total. The van der Waals surface area contributed by atoms with Gasteiger partial charge in [-0.2, -0.15) is 0 Å². The molecule has 0 aromatic heterocycles. The summed E-state index contributed by atoms with van der Waals surface area (Å²) in [6.45, 7) is 3.73. The highest BCUT2D eigenvalue weighted by atomic mass is 16.5. The van der Waals surface area contributed by atoms with Crippen LogP contribution in [0.15, 0.2) is 73.3 Å². The van der Waals surface area contributed by atoms with Crippen molar-refractivity contribution in [3.63, 3.8) is 0 Å². The molecule has 2 aromatic carbocycles. The maximum Gasteiger partial charge on any atom is 0.321 e. The third-order valence-electron chi connectivity index (χ3n) is 4.21. The fourth-order valence-corrected chi connectivity index (χ4v) is 3.06. The van der Waals surface area contributed by atoms with E-state index in [1.54, 1.807) is 6.08 Å². The number of carbonyl (C=O) groups excluding carboxylic acids is 1. The third kappa shape index (κ3) is 2.27. The molecule has 1 heterocycles. The van der Waals surface area contributed by atoms with E-state index in [0.717, 1.165) is 24.0 Å². The maximum atomic E-state index is 12.8. The van der Waals surface area contributed by atoms with Gasteiger partial charge in [0, 0.05) is 0 Å². The Balaban J connectivity index is 2.13. The molecule has 0 N–H and O–H groups in total. The van der Waals surface area contributed by atoms with Crippen molar-refractivity contribution in [2.24, 2.45) is 0 Å². The topological polar surface area (TPSA) is 26.3 Å². The highest BCUT2D eigenvalue weighted by Gasteiger charge is 2.47. The number of carbonyl (C=O) groups is 1. The molecule has 0 radical (unpaired) electrons. The Bertz CT molecular complexity index is 592. The fraction of sp³-hybridized carbons (Fsp3) is 0.211. The van der Waals surface area contributed by atoms with Crippen molar-refractivity contribution < 1.29 is 9.53 Å². The zero-order valence-corrected chi connectivity index (χ0v) is 11.9. The van der Waals surface area contributed by atoms with E-state index in [0.29, 0.717) is 0 Å². The van der Waals surface area contributed by atoms with Crippen molar-refractivity contribution in [2.45, 2.75) is 24.4 Å². The first kappa shape index (κ1) is 13.6. The van der Waals surface area contributed by atoms with Crippen LogP contribution in [0.25, 0.3) is 0 Å². The third-order valence-corrected chi connectivity index (χ3v) is 4.21. The summed E-state index contributed by atoms with van der Waals surface area (Å²) in [6, 6.07) is 19.8.